The second kappa shape index (κ2) is 19.4. The number of rotatable bonds is 0. The van der Waals surface area contributed by atoms with Gasteiger partial charge in [-0.25, -0.2) is 0 Å². The molecule has 0 saturated carbocycles. The monoisotopic (exact) mass is 138 g/mol. The molecule has 0 aliphatic rings. The Morgan fingerprint density at radius 1 is 1.43 bits per heavy atom. The molecule has 4 nitrogen and oxygen atoms in total. The third-order valence-corrected chi connectivity index (χ3v) is 0.0500. The second-order valence-corrected chi connectivity index (χ2v) is 0.490. The van der Waals surface area contributed by atoms with Crippen LogP contribution in [0.5, 0.6) is 0 Å². The number of nitriles is 2. The molecule has 0 heterocycles. The zero-order valence-electron chi connectivity index (χ0n) is 3.10. The Hall–Kier alpha value is -0.901. The first-order valence-electron chi connectivity index (χ1n) is 1.04. The Morgan fingerprint density at radius 3 is 1.57 bits per heavy atom. The first-order chi connectivity index (χ1) is 3.33. The Balaban J connectivity index is 0. The van der Waals surface area contributed by atoms with E-state index in [1.165, 1.54) is 12.1 Å². The molecule has 5 heteroatoms. The van der Waals surface area contributed by atoms with Crippen LogP contribution in [0.3, 0.4) is 0 Å². The van der Waals surface area contributed by atoms with Crippen LogP contribution in [0, 0.1) is 27.6 Å². The third kappa shape index (κ3) is 4950. The summed E-state index contributed by atoms with van der Waals surface area (Å²) >= 11 is 2.56. The molecule has 37 valence electrons. The molecule has 0 N–H and O–H groups in total. The summed E-state index contributed by atoms with van der Waals surface area (Å²) in [5.41, 5.74) is 0. The van der Waals surface area contributed by atoms with Gasteiger partial charge in [0, 0.05) is 0 Å². The van der Waals surface area contributed by atoms with E-state index >= 15 is 0 Å². The van der Waals surface area contributed by atoms with E-state index in [1.54, 1.807) is 0 Å². The molecule has 0 unspecified atom stereocenters. The summed E-state index contributed by atoms with van der Waals surface area (Å²) in [6, 6.07) is 2.47. The summed E-state index contributed by atoms with van der Waals surface area (Å²) in [4.78, 5) is 8.44. The average molecular weight is 138 g/mol. The van der Waals surface area contributed by atoms with E-state index in [0.29, 0.717) is 0 Å². The van der Waals surface area contributed by atoms with Crippen molar-refractivity contribution >= 4 is 0 Å². The molecule has 0 saturated heterocycles. The summed E-state index contributed by atoms with van der Waals surface area (Å²) in [6.07, 6.45) is 0. The Morgan fingerprint density at radius 2 is 1.57 bits per heavy atom. The molecule has 0 aromatic heterocycles. The number of hydrogen-bond acceptors (Lipinski definition) is 4. The van der Waals surface area contributed by atoms with E-state index in [1.807, 2.05) is 4.19 Å². The first-order valence-corrected chi connectivity index (χ1v) is 1.53. The van der Waals surface area contributed by atoms with Gasteiger partial charge < -0.3 is 0 Å². The van der Waals surface area contributed by atoms with Crippen molar-refractivity contribution in [2.75, 3.05) is 0 Å². The van der Waals surface area contributed by atoms with Crippen molar-refractivity contribution in [3.8, 4) is 12.1 Å². The molecule has 0 aromatic rings. The molecule has 0 aliphatic carbocycles. The van der Waals surface area contributed by atoms with Crippen molar-refractivity contribution in [1.29, 1.82) is 10.5 Å². The minimum atomic E-state index is 1.24. The van der Waals surface area contributed by atoms with Crippen LogP contribution < -0.4 is 0 Å². The molecule has 0 atom stereocenters. The summed E-state index contributed by atoms with van der Waals surface area (Å²) in [5, 5.41) is 14.5. The molecule has 0 fully saturated rings. The fourth-order valence-corrected chi connectivity index (χ4v) is 0. The van der Waals surface area contributed by atoms with E-state index in [0.717, 1.165) is 0 Å². The Labute approximate surface area is 48.7 Å². The van der Waals surface area contributed by atoms with Crippen LogP contribution in [0.15, 0.2) is 4.19 Å². The summed E-state index contributed by atoms with van der Waals surface area (Å²) in [5.74, 6) is 0. The van der Waals surface area contributed by atoms with Crippen LogP contribution >= 0.6 is 0 Å². The molecular weight excluding hydrogens is 138 g/mol. The molecule has 0 spiro atoms. The minimum absolute atomic E-state index is 1.24. The predicted octanol–water partition coefficient (Wildman–Crippen LogP) is 0.248. The summed E-state index contributed by atoms with van der Waals surface area (Å²) in [7, 11) is 0. The number of nitrogens with zero attached hydrogens (tertiary/aromatic N) is 3. The molecule has 7 heavy (non-hydrogen) atoms. The van der Waals surface area contributed by atoms with Gasteiger partial charge in [-0.2, -0.15) is 10.5 Å². The van der Waals surface area contributed by atoms with Gasteiger partial charge in [0.2, 0.25) is 0 Å². The van der Waals surface area contributed by atoms with Crippen molar-refractivity contribution in [2.45, 2.75) is 0 Å². The van der Waals surface area contributed by atoms with Gasteiger partial charge in [0.1, 0.15) is 0 Å². The summed E-state index contributed by atoms with van der Waals surface area (Å²) < 4.78 is 2.00. The van der Waals surface area contributed by atoms with Crippen molar-refractivity contribution in [3.05, 3.63) is 4.91 Å². The SMILES string of the molecule is N#CC#N.O=[N][Fe]. The van der Waals surface area contributed by atoms with E-state index in [-0.39, 0.29) is 0 Å². The van der Waals surface area contributed by atoms with Crippen LogP contribution in [0.4, 0.5) is 0 Å². The second-order valence-electron chi connectivity index (χ2n) is 0.288. The van der Waals surface area contributed by atoms with Crippen molar-refractivity contribution in [1.82, 2.24) is 0 Å². The van der Waals surface area contributed by atoms with Gasteiger partial charge in [-0.1, -0.05) is 0 Å². The fraction of sp³-hybridized carbons (Fsp3) is 0. The number of nitroso groups, excluding NO2 is 1. The van der Waals surface area contributed by atoms with Crippen molar-refractivity contribution < 1.29 is 16.2 Å². The number of hydrogen-bond donors (Lipinski definition) is 0. The molecule has 0 radical (unpaired) electrons. The van der Waals surface area contributed by atoms with Crippen LogP contribution in [0.2, 0.25) is 0 Å². The van der Waals surface area contributed by atoms with E-state index < -0.39 is 0 Å². The van der Waals surface area contributed by atoms with Crippen LogP contribution in [0.25, 0.3) is 0 Å². The van der Waals surface area contributed by atoms with E-state index in [4.69, 9.17) is 15.4 Å². The quantitative estimate of drug-likeness (QED) is 0.355. The van der Waals surface area contributed by atoms with Crippen molar-refractivity contribution in [3.63, 3.8) is 0 Å². The Kier molecular flexibility index (Phi) is 26.2. The van der Waals surface area contributed by atoms with E-state index in [2.05, 4.69) is 16.2 Å². The maximum absolute atomic E-state index is 8.44. The van der Waals surface area contributed by atoms with Gasteiger partial charge >= 0.3 is 25.3 Å². The van der Waals surface area contributed by atoms with Crippen LogP contribution in [-0.2, 0) is 16.2 Å². The third-order valence-electron chi connectivity index (χ3n) is 0.0500. The van der Waals surface area contributed by atoms with Crippen molar-refractivity contribution in [2.24, 2.45) is 4.19 Å². The van der Waals surface area contributed by atoms with Gasteiger partial charge in [0.05, 0.1) is 0 Å². The van der Waals surface area contributed by atoms with Gasteiger partial charge in [0.25, 0.3) is 0 Å². The van der Waals surface area contributed by atoms with Gasteiger partial charge in [0.15, 0.2) is 12.1 Å². The van der Waals surface area contributed by atoms with Gasteiger partial charge in [-0.05, 0) is 0 Å². The molecule has 0 aliphatic heterocycles. The van der Waals surface area contributed by atoms with Crippen LogP contribution in [0.1, 0.15) is 0 Å². The Bertz CT molecular complexity index is 97.1. The molecule has 0 amide bonds. The van der Waals surface area contributed by atoms with Crippen LogP contribution in [-0.4, -0.2) is 0 Å². The maximum atomic E-state index is 8.44. The zero-order valence-corrected chi connectivity index (χ0v) is 4.21. The fourth-order valence-electron chi connectivity index (χ4n) is 0. The van der Waals surface area contributed by atoms with Gasteiger partial charge in [-0.3, -0.25) is 0 Å². The van der Waals surface area contributed by atoms with E-state index in [9.17, 15) is 0 Å². The molecular formula is C2FeN3O. The standard InChI is InChI=1S/C2N2.Fe.NO/c3-1-2-4;;1-2/q;+1;-1. The molecule has 0 rings (SSSR count). The molecule has 0 bridgehead atoms. The first kappa shape index (κ1) is 9.44. The normalized spacial score (nSPS) is 3.29. The zero-order chi connectivity index (χ0) is 6.12. The topological polar surface area (TPSA) is 77.0 Å². The molecule has 0 aromatic carbocycles. The predicted molar refractivity (Wildman–Crippen MR) is 17.0 cm³/mol. The summed E-state index contributed by atoms with van der Waals surface area (Å²) in [6.45, 7) is 0. The average Bonchev–Trinajstić information content (AvgIpc) is 1.69. The van der Waals surface area contributed by atoms with Gasteiger partial charge in [-0.15, -0.1) is 0 Å².